The Bertz CT molecular complexity index is 4080. The molecule has 14 rings (SSSR count). The summed E-state index contributed by atoms with van der Waals surface area (Å²) in [5, 5.41) is 5.91. The highest BCUT2D eigenvalue weighted by Gasteiger charge is 2.48. The molecule has 3 aliphatic rings. The summed E-state index contributed by atoms with van der Waals surface area (Å²) in [6.07, 6.45) is 0. The number of rotatable bonds is 2. The van der Waals surface area contributed by atoms with Crippen molar-refractivity contribution in [2.75, 3.05) is 4.81 Å². The molecule has 70 heavy (non-hydrogen) atoms. The summed E-state index contributed by atoms with van der Waals surface area (Å²) in [6.45, 7) is 25.4. The topological polar surface area (TPSA) is 34.5 Å². The van der Waals surface area contributed by atoms with Crippen molar-refractivity contribution in [2.45, 2.75) is 97.8 Å². The second-order valence-corrected chi connectivity index (χ2v) is 24.2. The van der Waals surface area contributed by atoms with Crippen LogP contribution in [0.15, 0.2) is 154 Å². The molecule has 0 amide bonds. The largest absolute Gasteiger partial charge is 0.456 e. The van der Waals surface area contributed by atoms with Crippen LogP contribution in [-0.4, -0.2) is 11.4 Å². The SMILES string of the molecule is CC(C)(C)c1ccc(N2B3c4cc5oc(-c6ccccc6)cc5cc4-n4c5ccc(C(C)(C)C)cc5c5c6c(oc7ccccc76)c(c3c54)-c3cc4c(cc32)C(C)(C)c2ccc(C(C)(C)C)cc2-4)cc1. The van der Waals surface area contributed by atoms with Gasteiger partial charge in [-0.05, 0) is 127 Å². The van der Waals surface area contributed by atoms with E-state index < -0.39 is 0 Å². The van der Waals surface area contributed by atoms with E-state index in [1.807, 2.05) is 0 Å². The van der Waals surface area contributed by atoms with Crippen LogP contribution in [0.4, 0.5) is 11.4 Å². The summed E-state index contributed by atoms with van der Waals surface area (Å²) < 4.78 is 16.9. The lowest BCUT2D eigenvalue weighted by Crippen LogP contribution is -2.60. The maximum Gasteiger partial charge on any atom is 0.333 e. The number of anilines is 2. The monoisotopic (exact) mass is 908 g/mol. The van der Waals surface area contributed by atoms with Gasteiger partial charge in [-0.3, -0.25) is 0 Å². The molecule has 0 fully saturated rings. The average Bonchev–Trinajstić information content (AvgIpc) is 4.07. The zero-order valence-electron chi connectivity index (χ0n) is 42.1. The van der Waals surface area contributed by atoms with E-state index >= 15 is 0 Å². The van der Waals surface area contributed by atoms with Crippen LogP contribution < -0.4 is 15.7 Å². The Hall–Kier alpha value is -7.24. The molecule has 0 bridgehead atoms. The van der Waals surface area contributed by atoms with Gasteiger partial charge >= 0.3 is 6.85 Å². The molecule has 0 atom stereocenters. The normalized spacial score (nSPS) is 14.8. The Morgan fingerprint density at radius 2 is 1.19 bits per heavy atom. The molecule has 0 saturated carbocycles. The number of para-hydroxylation sites is 1. The lowest BCUT2D eigenvalue weighted by atomic mass is 9.43. The van der Waals surface area contributed by atoms with Crippen LogP contribution in [0.25, 0.3) is 94.0 Å². The Morgan fingerprint density at radius 3 is 1.93 bits per heavy atom. The molecule has 0 saturated heterocycles. The van der Waals surface area contributed by atoms with Gasteiger partial charge in [0.25, 0.3) is 0 Å². The van der Waals surface area contributed by atoms with Crippen LogP contribution >= 0.6 is 0 Å². The molecule has 0 unspecified atom stereocenters. The van der Waals surface area contributed by atoms with Gasteiger partial charge in [-0.1, -0.05) is 161 Å². The first-order valence-electron chi connectivity index (χ1n) is 25.2. The number of furan rings is 2. The fourth-order valence-corrected chi connectivity index (χ4v) is 12.6. The van der Waals surface area contributed by atoms with E-state index in [4.69, 9.17) is 8.83 Å². The first-order valence-corrected chi connectivity index (χ1v) is 25.2. The molecule has 1 aliphatic carbocycles. The summed E-state index contributed by atoms with van der Waals surface area (Å²) >= 11 is 0. The second-order valence-electron chi connectivity index (χ2n) is 24.2. The third kappa shape index (κ3) is 5.55. The van der Waals surface area contributed by atoms with Crippen LogP contribution in [0.1, 0.15) is 104 Å². The molecule has 342 valence electrons. The molecular weight excluding hydrogens is 852 g/mol. The average molecular weight is 909 g/mol. The lowest BCUT2D eigenvalue weighted by Gasteiger charge is -2.42. The molecule has 3 aromatic heterocycles. The van der Waals surface area contributed by atoms with Crippen molar-refractivity contribution < 1.29 is 8.83 Å². The fourth-order valence-electron chi connectivity index (χ4n) is 12.6. The molecule has 8 aromatic carbocycles. The highest BCUT2D eigenvalue weighted by Crippen LogP contribution is 2.57. The quantitative estimate of drug-likeness (QED) is 0.162. The highest BCUT2D eigenvalue weighted by molar-refractivity contribution is 6.94. The van der Waals surface area contributed by atoms with Gasteiger partial charge in [0, 0.05) is 66.1 Å². The van der Waals surface area contributed by atoms with Gasteiger partial charge in [0.1, 0.15) is 22.5 Å². The standard InChI is InChI=1S/C65H57BN2O2/c1-62(2,3)38-21-25-41(26-22-38)68-51-34-48-44(43-31-39(63(4,5)6)23-27-47(43)65(48,10)11)33-46(51)58-59-60-56(57-42-19-15-16-20-53(42)70-61(57)58)45-32-40(64(7,8)9)24-28-50(45)67(60)52-29-37-30-54(36-17-13-12-14-18-36)69-55(37)35-49(52)66(59)68/h12-35H,1-11H3. The predicted octanol–water partition coefficient (Wildman–Crippen LogP) is 16.5. The van der Waals surface area contributed by atoms with E-state index in [1.165, 1.54) is 99.6 Å². The Balaban J connectivity index is 1.19. The number of aromatic nitrogens is 1. The summed E-state index contributed by atoms with van der Waals surface area (Å²) in [4.78, 5) is 2.67. The fraction of sp³-hybridized carbons (Fsp3) is 0.231. The maximum atomic E-state index is 7.40. The minimum Gasteiger partial charge on any atom is -0.456 e. The van der Waals surface area contributed by atoms with Crippen molar-refractivity contribution in [3.05, 3.63) is 173 Å². The summed E-state index contributed by atoms with van der Waals surface area (Å²) in [5.74, 6) is 0.869. The third-order valence-electron chi connectivity index (χ3n) is 16.4. The van der Waals surface area contributed by atoms with Gasteiger partial charge in [-0.25, -0.2) is 0 Å². The van der Waals surface area contributed by atoms with Crippen molar-refractivity contribution in [2.24, 2.45) is 0 Å². The number of fused-ring (bicyclic) bond motifs is 17. The minimum absolute atomic E-state index is 0.00182. The predicted molar refractivity (Wildman–Crippen MR) is 296 cm³/mol. The highest BCUT2D eigenvalue weighted by atomic mass is 16.3. The Labute approximate surface area is 410 Å². The lowest BCUT2D eigenvalue weighted by molar-refractivity contribution is 0.589. The van der Waals surface area contributed by atoms with Crippen LogP contribution in [0, 0.1) is 0 Å². The Morgan fingerprint density at radius 1 is 0.514 bits per heavy atom. The summed E-state index contributed by atoms with van der Waals surface area (Å²) in [5.41, 5.74) is 23.6. The third-order valence-corrected chi connectivity index (χ3v) is 16.4. The zero-order chi connectivity index (χ0) is 48.1. The van der Waals surface area contributed by atoms with E-state index in [9.17, 15) is 0 Å². The summed E-state index contributed by atoms with van der Waals surface area (Å²) in [7, 11) is 0. The van der Waals surface area contributed by atoms with Gasteiger partial charge in [0.2, 0.25) is 0 Å². The van der Waals surface area contributed by atoms with Gasteiger partial charge in [-0.15, -0.1) is 0 Å². The van der Waals surface area contributed by atoms with Crippen molar-refractivity contribution in [1.29, 1.82) is 0 Å². The minimum atomic E-state index is -0.232. The molecular formula is C65H57BN2O2. The van der Waals surface area contributed by atoms with Crippen LogP contribution in [0.5, 0.6) is 0 Å². The van der Waals surface area contributed by atoms with E-state index in [1.54, 1.807) is 0 Å². The van der Waals surface area contributed by atoms with Gasteiger partial charge in [-0.2, -0.15) is 0 Å². The summed E-state index contributed by atoms with van der Waals surface area (Å²) in [6, 6.07) is 55.2. The second kappa shape index (κ2) is 13.5. The molecule has 0 N–H and O–H groups in total. The van der Waals surface area contributed by atoms with Crippen LogP contribution in [0.3, 0.4) is 0 Å². The van der Waals surface area contributed by atoms with Crippen LogP contribution in [0.2, 0.25) is 0 Å². The molecule has 11 aromatic rings. The maximum absolute atomic E-state index is 7.40. The molecule has 4 nitrogen and oxygen atoms in total. The molecule has 0 radical (unpaired) electrons. The number of benzene rings is 8. The first-order chi connectivity index (χ1) is 33.4. The van der Waals surface area contributed by atoms with Gasteiger partial charge in [0.05, 0.1) is 11.0 Å². The molecule has 2 aliphatic heterocycles. The number of nitrogens with zero attached hydrogens (tertiary/aromatic N) is 2. The van der Waals surface area contributed by atoms with Crippen LogP contribution in [-0.2, 0) is 21.7 Å². The van der Waals surface area contributed by atoms with E-state index in [0.29, 0.717) is 0 Å². The van der Waals surface area contributed by atoms with Crippen molar-refractivity contribution in [3.8, 4) is 39.3 Å². The molecule has 5 heterocycles. The van der Waals surface area contributed by atoms with Crippen molar-refractivity contribution >= 4 is 83.9 Å². The number of hydrogen-bond donors (Lipinski definition) is 0. The smallest absolute Gasteiger partial charge is 0.333 e. The Kier molecular flexibility index (Phi) is 8.07. The van der Waals surface area contributed by atoms with E-state index in [-0.39, 0.29) is 28.5 Å². The van der Waals surface area contributed by atoms with E-state index in [2.05, 4.69) is 231 Å². The zero-order valence-corrected chi connectivity index (χ0v) is 42.1. The number of hydrogen-bond acceptors (Lipinski definition) is 3. The van der Waals surface area contributed by atoms with Gasteiger partial charge < -0.3 is 18.2 Å². The van der Waals surface area contributed by atoms with Crippen molar-refractivity contribution in [1.82, 2.24) is 4.57 Å². The van der Waals surface area contributed by atoms with E-state index in [0.717, 1.165) is 44.5 Å². The molecule has 5 heteroatoms. The molecule has 0 spiro atoms. The first kappa shape index (κ1) is 41.7. The van der Waals surface area contributed by atoms with Gasteiger partial charge in [0.15, 0.2) is 0 Å². The van der Waals surface area contributed by atoms with Crippen molar-refractivity contribution in [3.63, 3.8) is 0 Å².